The number of hydrogen-bond donors (Lipinski definition) is 1. The van der Waals surface area contributed by atoms with Crippen LogP contribution in [-0.2, 0) is 6.42 Å². The van der Waals surface area contributed by atoms with Crippen LogP contribution in [-0.4, -0.2) is 44.7 Å². The molecule has 0 saturated heterocycles. The number of rotatable bonds is 9. The second-order valence-corrected chi connectivity index (χ2v) is 6.57. The number of nitrogens with zero attached hydrogens (tertiary/aromatic N) is 1. The molecule has 2 atom stereocenters. The van der Waals surface area contributed by atoms with Crippen LogP contribution in [0.3, 0.4) is 0 Å². The maximum atomic E-state index is 5.19. The molecule has 0 bridgehead atoms. The van der Waals surface area contributed by atoms with Crippen LogP contribution >= 0.6 is 0 Å². The molecule has 1 rings (SSSR count). The summed E-state index contributed by atoms with van der Waals surface area (Å²) in [6, 6.07) is 9.47. The van der Waals surface area contributed by atoms with E-state index in [1.165, 1.54) is 5.56 Å². The zero-order chi connectivity index (χ0) is 15.8. The van der Waals surface area contributed by atoms with E-state index >= 15 is 0 Å². The minimum Gasteiger partial charge on any atom is -0.497 e. The van der Waals surface area contributed by atoms with E-state index in [-0.39, 0.29) is 0 Å². The van der Waals surface area contributed by atoms with E-state index in [2.05, 4.69) is 57.2 Å². The van der Waals surface area contributed by atoms with Gasteiger partial charge in [-0.15, -0.1) is 0 Å². The largest absolute Gasteiger partial charge is 0.497 e. The molecule has 2 unspecified atom stereocenters. The zero-order valence-corrected chi connectivity index (χ0v) is 14.5. The maximum Gasteiger partial charge on any atom is 0.118 e. The molecule has 3 nitrogen and oxygen atoms in total. The summed E-state index contributed by atoms with van der Waals surface area (Å²) in [6.07, 6.45) is 2.26. The molecule has 1 aromatic rings. The average molecular weight is 292 g/mol. The molecule has 3 heteroatoms. The van der Waals surface area contributed by atoms with Crippen LogP contribution in [0.1, 0.15) is 32.8 Å². The van der Waals surface area contributed by atoms with E-state index in [4.69, 9.17) is 4.74 Å². The summed E-state index contributed by atoms with van der Waals surface area (Å²) >= 11 is 0. The molecule has 1 aromatic carbocycles. The van der Waals surface area contributed by atoms with Crippen molar-refractivity contribution in [2.45, 2.75) is 45.7 Å². The zero-order valence-electron chi connectivity index (χ0n) is 14.5. The number of hydrogen-bond acceptors (Lipinski definition) is 3. The average Bonchev–Trinajstić information content (AvgIpc) is 2.44. The summed E-state index contributed by atoms with van der Waals surface area (Å²) in [7, 11) is 5.98. The summed E-state index contributed by atoms with van der Waals surface area (Å²) in [5.41, 5.74) is 1.37. The molecule has 0 amide bonds. The fourth-order valence-electron chi connectivity index (χ4n) is 2.47. The lowest BCUT2D eigenvalue weighted by molar-refractivity contribution is 0.269. The standard InChI is InChI=1S/C18H32N2O/c1-14(2)18(13-20(4)5)19-15(3)7-8-16-9-11-17(21-6)12-10-16/h9-12,14-15,18-19H,7-8,13H2,1-6H3. The van der Waals surface area contributed by atoms with Gasteiger partial charge in [0.15, 0.2) is 0 Å². The van der Waals surface area contributed by atoms with Crippen LogP contribution in [0.2, 0.25) is 0 Å². The van der Waals surface area contributed by atoms with E-state index in [1.807, 2.05) is 12.1 Å². The molecular weight excluding hydrogens is 260 g/mol. The van der Waals surface area contributed by atoms with Crippen molar-refractivity contribution >= 4 is 0 Å². The predicted molar refractivity (Wildman–Crippen MR) is 91.1 cm³/mol. The van der Waals surface area contributed by atoms with Crippen LogP contribution in [0.15, 0.2) is 24.3 Å². The van der Waals surface area contributed by atoms with Gasteiger partial charge >= 0.3 is 0 Å². The van der Waals surface area contributed by atoms with Crippen molar-refractivity contribution in [3.05, 3.63) is 29.8 Å². The molecule has 0 heterocycles. The van der Waals surface area contributed by atoms with Gasteiger partial charge in [-0.3, -0.25) is 0 Å². The van der Waals surface area contributed by atoms with Gasteiger partial charge in [-0.2, -0.15) is 0 Å². The smallest absolute Gasteiger partial charge is 0.118 e. The number of likely N-dealkylation sites (N-methyl/N-ethyl adjacent to an activating group) is 1. The van der Waals surface area contributed by atoms with E-state index in [0.717, 1.165) is 25.1 Å². The molecule has 0 aliphatic carbocycles. The third kappa shape index (κ3) is 6.96. The van der Waals surface area contributed by atoms with Crippen LogP contribution in [0.25, 0.3) is 0 Å². The number of nitrogens with one attached hydrogen (secondary N) is 1. The Labute approximate surface area is 130 Å². The first kappa shape index (κ1) is 18.0. The predicted octanol–water partition coefficient (Wildman–Crippen LogP) is 3.19. The Morgan fingerprint density at radius 2 is 1.71 bits per heavy atom. The highest BCUT2D eigenvalue weighted by atomic mass is 16.5. The molecule has 0 aliphatic rings. The number of aryl methyl sites for hydroxylation is 1. The van der Waals surface area contributed by atoms with Gasteiger partial charge in [0.1, 0.15) is 5.75 Å². The minimum absolute atomic E-state index is 0.527. The fourth-order valence-corrected chi connectivity index (χ4v) is 2.47. The van der Waals surface area contributed by atoms with Crippen molar-refractivity contribution < 1.29 is 4.74 Å². The second kappa shape index (κ2) is 9.06. The summed E-state index contributed by atoms with van der Waals surface area (Å²) in [6.45, 7) is 7.95. The van der Waals surface area contributed by atoms with Gasteiger partial charge in [0.05, 0.1) is 7.11 Å². The maximum absolute atomic E-state index is 5.19. The molecule has 1 N–H and O–H groups in total. The Bertz CT molecular complexity index is 387. The molecule has 120 valence electrons. The molecule has 0 fully saturated rings. The SMILES string of the molecule is COc1ccc(CCC(C)NC(CN(C)C)C(C)C)cc1. The highest BCUT2D eigenvalue weighted by Gasteiger charge is 2.16. The van der Waals surface area contributed by atoms with E-state index < -0.39 is 0 Å². The lowest BCUT2D eigenvalue weighted by atomic mass is 10.0. The van der Waals surface area contributed by atoms with Crippen molar-refractivity contribution in [3.8, 4) is 5.75 Å². The second-order valence-electron chi connectivity index (χ2n) is 6.57. The van der Waals surface area contributed by atoms with Gasteiger partial charge in [-0.05, 0) is 57.5 Å². The fraction of sp³-hybridized carbons (Fsp3) is 0.667. The van der Waals surface area contributed by atoms with Crippen molar-refractivity contribution in [1.29, 1.82) is 0 Å². The molecule has 0 saturated carbocycles. The molecular formula is C18H32N2O. The van der Waals surface area contributed by atoms with Crippen LogP contribution in [0, 0.1) is 5.92 Å². The summed E-state index contributed by atoms with van der Waals surface area (Å²) in [4.78, 5) is 2.26. The van der Waals surface area contributed by atoms with Gasteiger partial charge in [-0.1, -0.05) is 26.0 Å². The first-order valence-electron chi connectivity index (χ1n) is 7.96. The van der Waals surface area contributed by atoms with E-state index in [9.17, 15) is 0 Å². The Kier molecular flexibility index (Phi) is 7.76. The van der Waals surface area contributed by atoms with E-state index in [1.54, 1.807) is 7.11 Å². The molecule has 0 aromatic heterocycles. The quantitative estimate of drug-likeness (QED) is 0.756. The third-order valence-corrected chi connectivity index (χ3v) is 3.89. The molecule has 0 radical (unpaired) electrons. The topological polar surface area (TPSA) is 24.5 Å². The molecule has 0 spiro atoms. The van der Waals surface area contributed by atoms with Gasteiger partial charge in [0.2, 0.25) is 0 Å². The Morgan fingerprint density at radius 1 is 1.10 bits per heavy atom. The van der Waals surface area contributed by atoms with E-state index in [0.29, 0.717) is 18.0 Å². The van der Waals surface area contributed by atoms with Gasteiger partial charge < -0.3 is 15.0 Å². The number of ether oxygens (including phenoxy) is 1. The van der Waals surface area contributed by atoms with Gasteiger partial charge in [0.25, 0.3) is 0 Å². The monoisotopic (exact) mass is 292 g/mol. The summed E-state index contributed by atoms with van der Waals surface area (Å²) in [5, 5.41) is 3.77. The lowest BCUT2D eigenvalue weighted by Crippen LogP contribution is -2.46. The number of methoxy groups -OCH3 is 1. The first-order valence-corrected chi connectivity index (χ1v) is 7.96. The van der Waals surface area contributed by atoms with Crippen LogP contribution in [0.4, 0.5) is 0 Å². The van der Waals surface area contributed by atoms with Crippen molar-refractivity contribution in [2.75, 3.05) is 27.7 Å². The van der Waals surface area contributed by atoms with Crippen molar-refractivity contribution in [2.24, 2.45) is 5.92 Å². The minimum atomic E-state index is 0.527. The Morgan fingerprint density at radius 3 is 2.19 bits per heavy atom. The Hall–Kier alpha value is -1.06. The summed E-state index contributed by atoms with van der Waals surface area (Å²) in [5.74, 6) is 1.58. The third-order valence-electron chi connectivity index (χ3n) is 3.89. The number of benzene rings is 1. The van der Waals surface area contributed by atoms with Crippen molar-refractivity contribution in [1.82, 2.24) is 10.2 Å². The van der Waals surface area contributed by atoms with Crippen LogP contribution in [0.5, 0.6) is 5.75 Å². The van der Waals surface area contributed by atoms with Crippen molar-refractivity contribution in [3.63, 3.8) is 0 Å². The lowest BCUT2D eigenvalue weighted by Gasteiger charge is -2.29. The van der Waals surface area contributed by atoms with Gasteiger partial charge in [0, 0.05) is 18.6 Å². The highest BCUT2D eigenvalue weighted by Crippen LogP contribution is 2.14. The van der Waals surface area contributed by atoms with Gasteiger partial charge in [-0.25, -0.2) is 0 Å². The van der Waals surface area contributed by atoms with Crippen LogP contribution < -0.4 is 10.1 Å². The summed E-state index contributed by atoms with van der Waals surface area (Å²) < 4.78 is 5.19. The highest BCUT2D eigenvalue weighted by molar-refractivity contribution is 5.27. The molecule has 0 aliphatic heterocycles. The molecule has 21 heavy (non-hydrogen) atoms. The Balaban J connectivity index is 2.42. The normalized spacial score (nSPS) is 14.5. The first-order chi connectivity index (χ1) is 9.92.